The van der Waals surface area contributed by atoms with Crippen molar-refractivity contribution in [1.82, 2.24) is 4.98 Å². The molecule has 102 valence electrons. The number of nitrogens with zero attached hydrogens (tertiary/aromatic N) is 1. The summed E-state index contributed by atoms with van der Waals surface area (Å²) in [5.41, 5.74) is 5.16. The van der Waals surface area contributed by atoms with Crippen LogP contribution in [0.15, 0.2) is 12.3 Å². The van der Waals surface area contributed by atoms with Gasteiger partial charge in [0.1, 0.15) is 5.69 Å². The van der Waals surface area contributed by atoms with Gasteiger partial charge in [-0.1, -0.05) is 6.92 Å². The van der Waals surface area contributed by atoms with Crippen LogP contribution in [0.25, 0.3) is 0 Å². The normalized spacial score (nSPS) is 13.4. The van der Waals surface area contributed by atoms with Crippen molar-refractivity contribution in [2.45, 2.75) is 24.8 Å². The molecule has 0 spiro atoms. The Labute approximate surface area is 108 Å². The second kappa shape index (κ2) is 6.17. The summed E-state index contributed by atoms with van der Waals surface area (Å²) < 4.78 is 37.4. The molecule has 3 N–H and O–H groups in total. The molecule has 0 aliphatic carbocycles. The van der Waals surface area contributed by atoms with Crippen LogP contribution >= 0.6 is 11.8 Å². The SMILES string of the molecule is CSC(C)CCNc1cc(C(F)(F)F)ncc1N. The topological polar surface area (TPSA) is 50.9 Å². The molecular weight excluding hydrogens is 263 g/mol. The van der Waals surface area contributed by atoms with Crippen LogP contribution in [0.2, 0.25) is 0 Å². The van der Waals surface area contributed by atoms with Gasteiger partial charge in [-0.05, 0) is 18.7 Å². The number of aromatic nitrogens is 1. The van der Waals surface area contributed by atoms with Crippen molar-refractivity contribution in [3.8, 4) is 0 Å². The minimum atomic E-state index is -4.45. The number of nitrogens with one attached hydrogen (secondary N) is 1. The average Bonchev–Trinajstić information content (AvgIpc) is 2.29. The molecule has 0 saturated carbocycles. The lowest BCUT2D eigenvalue weighted by Crippen LogP contribution is -2.13. The van der Waals surface area contributed by atoms with Crippen LogP contribution in [0.1, 0.15) is 19.0 Å². The number of halogens is 3. The smallest absolute Gasteiger partial charge is 0.396 e. The minimum absolute atomic E-state index is 0.222. The predicted octanol–water partition coefficient (Wildman–Crippen LogP) is 3.24. The standard InChI is InChI=1S/C11H16F3N3S/c1-7(18-2)3-4-16-9-5-10(11(12,13)14)17-6-8(9)15/h5-7H,3-4,15H2,1-2H3,(H,16,17). The van der Waals surface area contributed by atoms with E-state index in [2.05, 4.69) is 17.2 Å². The Morgan fingerprint density at radius 3 is 2.72 bits per heavy atom. The van der Waals surface area contributed by atoms with Crippen LogP contribution in [0.4, 0.5) is 24.5 Å². The fraction of sp³-hybridized carbons (Fsp3) is 0.545. The zero-order chi connectivity index (χ0) is 13.8. The van der Waals surface area contributed by atoms with Gasteiger partial charge in [0.05, 0.1) is 17.6 Å². The number of rotatable bonds is 5. The lowest BCUT2D eigenvalue weighted by molar-refractivity contribution is -0.141. The van der Waals surface area contributed by atoms with Crippen molar-refractivity contribution >= 4 is 23.1 Å². The lowest BCUT2D eigenvalue weighted by Gasteiger charge is -2.13. The zero-order valence-electron chi connectivity index (χ0n) is 10.2. The van der Waals surface area contributed by atoms with Gasteiger partial charge in [0, 0.05) is 11.8 Å². The number of anilines is 2. The van der Waals surface area contributed by atoms with E-state index in [1.807, 2.05) is 6.26 Å². The summed E-state index contributed by atoms with van der Waals surface area (Å²) in [6.07, 6.45) is -0.572. The molecule has 0 aromatic carbocycles. The summed E-state index contributed by atoms with van der Waals surface area (Å²) in [5.74, 6) is 0. The Balaban J connectivity index is 2.70. The zero-order valence-corrected chi connectivity index (χ0v) is 11.0. The maximum absolute atomic E-state index is 12.5. The Bertz CT molecular complexity index is 396. The number of hydrogen-bond donors (Lipinski definition) is 2. The molecule has 0 aliphatic rings. The summed E-state index contributed by atoms with van der Waals surface area (Å²) in [6.45, 7) is 2.64. The van der Waals surface area contributed by atoms with Gasteiger partial charge in [-0.3, -0.25) is 0 Å². The number of thioether (sulfide) groups is 1. The summed E-state index contributed by atoms with van der Waals surface area (Å²) >= 11 is 1.71. The quantitative estimate of drug-likeness (QED) is 0.868. The number of pyridine rings is 1. The molecule has 0 saturated heterocycles. The molecule has 0 fully saturated rings. The molecule has 0 aliphatic heterocycles. The molecule has 1 atom stereocenters. The van der Waals surface area contributed by atoms with E-state index in [0.29, 0.717) is 11.8 Å². The molecule has 1 aromatic heterocycles. The van der Waals surface area contributed by atoms with Gasteiger partial charge < -0.3 is 11.1 Å². The third-order valence-electron chi connectivity index (χ3n) is 2.49. The van der Waals surface area contributed by atoms with E-state index in [4.69, 9.17) is 5.73 Å². The van der Waals surface area contributed by atoms with Crippen molar-refractivity contribution < 1.29 is 13.2 Å². The highest BCUT2D eigenvalue weighted by atomic mass is 32.2. The third-order valence-corrected chi connectivity index (χ3v) is 3.53. The third kappa shape index (κ3) is 4.29. The number of nitrogens with two attached hydrogens (primary N) is 1. The fourth-order valence-corrected chi connectivity index (χ4v) is 1.66. The first-order valence-corrected chi connectivity index (χ1v) is 6.72. The van der Waals surface area contributed by atoms with Crippen LogP contribution < -0.4 is 11.1 Å². The van der Waals surface area contributed by atoms with E-state index in [1.54, 1.807) is 11.8 Å². The van der Waals surface area contributed by atoms with Crippen LogP contribution in [0, 0.1) is 0 Å². The molecule has 0 bridgehead atoms. The van der Waals surface area contributed by atoms with Gasteiger partial charge in [0.2, 0.25) is 0 Å². The highest BCUT2D eigenvalue weighted by molar-refractivity contribution is 7.99. The van der Waals surface area contributed by atoms with Crippen molar-refractivity contribution in [3.05, 3.63) is 18.0 Å². The van der Waals surface area contributed by atoms with Crippen LogP contribution in [-0.2, 0) is 6.18 Å². The first kappa shape index (κ1) is 14.9. The summed E-state index contributed by atoms with van der Waals surface area (Å²) in [7, 11) is 0. The summed E-state index contributed by atoms with van der Waals surface area (Å²) in [4.78, 5) is 3.28. The maximum atomic E-state index is 12.5. The molecule has 0 radical (unpaired) electrons. The van der Waals surface area contributed by atoms with Crippen molar-refractivity contribution in [2.24, 2.45) is 0 Å². The highest BCUT2D eigenvalue weighted by Crippen LogP contribution is 2.31. The Kier molecular flexibility index (Phi) is 5.13. The first-order chi connectivity index (χ1) is 8.34. The molecule has 1 rings (SSSR count). The second-order valence-corrected chi connectivity index (χ2v) is 5.19. The molecule has 7 heteroatoms. The van der Waals surface area contributed by atoms with E-state index in [0.717, 1.165) is 18.7 Å². The molecule has 18 heavy (non-hydrogen) atoms. The molecular formula is C11H16F3N3S. The van der Waals surface area contributed by atoms with E-state index in [9.17, 15) is 13.2 Å². The van der Waals surface area contributed by atoms with Crippen molar-refractivity contribution in [1.29, 1.82) is 0 Å². The molecule has 0 amide bonds. The molecule has 1 aromatic rings. The highest BCUT2D eigenvalue weighted by Gasteiger charge is 2.32. The molecule has 3 nitrogen and oxygen atoms in total. The number of nitrogen functional groups attached to an aromatic ring is 1. The minimum Gasteiger partial charge on any atom is -0.396 e. The van der Waals surface area contributed by atoms with Gasteiger partial charge >= 0.3 is 6.18 Å². The van der Waals surface area contributed by atoms with Crippen LogP contribution in [0.3, 0.4) is 0 Å². The monoisotopic (exact) mass is 279 g/mol. The lowest BCUT2D eigenvalue weighted by atomic mass is 10.2. The first-order valence-electron chi connectivity index (χ1n) is 5.44. The number of alkyl halides is 3. The summed E-state index contributed by atoms with van der Waals surface area (Å²) in [6, 6.07) is 0.944. The Morgan fingerprint density at radius 2 is 2.17 bits per heavy atom. The van der Waals surface area contributed by atoms with Gasteiger partial charge in [0.25, 0.3) is 0 Å². The summed E-state index contributed by atoms with van der Waals surface area (Å²) in [5, 5.41) is 3.36. The van der Waals surface area contributed by atoms with Crippen molar-refractivity contribution in [2.75, 3.05) is 23.9 Å². The van der Waals surface area contributed by atoms with E-state index in [1.165, 1.54) is 0 Å². The van der Waals surface area contributed by atoms with Gasteiger partial charge in [-0.2, -0.15) is 24.9 Å². The van der Waals surface area contributed by atoms with Crippen LogP contribution in [-0.4, -0.2) is 23.0 Å². The maximum Gasteiger partial charge on any atom is 0.433 e. The second-order valence-electron chi connectivity index (χ2n) is 3.92. The van der Waals surface area contributed by atoms with E-state index in [-0.39, 0.29) is 11.4 Å². The van der Waals surface area contributed by atoms with Gasteiger partial charge in [-0.15, -0.1) is 0 Å². The molecule has 1 unspecified atom stereocenters. The Morgan fingerprint density at radius 1 is 1.50 bits per heavy atom. The average molecular weight is 279 g/mol. The van der Waals surface area contributed by atoms with E-state index < -0.39 is 11.9 Å². The van der Waals surface area contributed by atoms with Gasteiger partial charge in [-0.25, -0.2) is 4.98 Å². The molecule has 1 heterocycles. The van der Waals surface area contributed by atoms with E-state index >= 15 is 0 Å². The Hall–Kier alpha value is -1.11. The fourth-order valence-electron chi connectivity index (χ4n) is 1.30. The van der Waals surface area contributed by atoms with Crippen LogP contribution in [0.5, 0.6) is 0 Å². The van der Waals surface area contributed by atoms with Crippen molar-refractivity contribution in [3.63, 3.8) is 0 Å². The van der Waals surface area contributed by atoms with Gasteiger partial charge in [0.15, 0.2) is 0 Å². The predicted molar refractivity (Wildman–Crippen MR) is 69.7 cm³/mol. The number of hydrogen-bond acceptors (Lipinski definition) is 4. The largest absolute Gasteiger partial charge is 0.433 e.